The van der Waals surface area contributed by atoms with Crippen molar-refractivity contribution in [2.75, 3.05) is 0 Å². The van der Waals surface area contributed by atoms with E-state index < -0.39 is 8.07 Å². The molecule has 0 spiro atoms. The number of hydrogen-bond acceptors (Lipinski definition) is 0. The minimum Gasteiger partial charge on any atom is -0.119 e. The molecule has 0 nitrogen and oxygen atoms in total. The van der Waals surface area contributed by atoms with Crippen LogP contribution in [0.25, 0.3) is 0 Å². The van der Waals surface area contributed by atoms with E-state index in [1.807, 2.05) is 0 Å². The number of terminal acetylenes is 1. The molecule has 0 heterocycles. The molecule has 0 saturated heterocycles. The number of rotatable bonds is 1. The second kappa shape index (κ2) is 3.33. The maximum atomic E-state index is 5.39. The number of hydrogen-bond donors (Lipinski definition) is 0. The summed E-state index contributed by atoms with van der Waals surface area (Å²) >= 11 is 3.56. The lowest BCUT2D eigenvalue weighted by Gasteiger charge is -2.38. The van der Waals surface area contributed by atoms with Crippen LogP contribution in [-0.2, 0) is 0 Å². The van der Waals surface area contributed by atoms with E-state index in [0.717, 1.165) is 0 Å². The molecule has 0 aliphatic carbocycles. The SMILES string of the molecule is C#CC(Br)[Si](C)(C)C(C)(C)C. The third-order valence-electron chi connectivity index (χ3n) is 2.71. The maximum Gasteiger partial charge on any atom is 0.0830 e. The molecule has 0 fully saturated rings. The van der Waals surface area contributed by atoms with E-state index in [1.165, 1.54) is 0 Å². The van der Waals surface area contributed by atoms with Crippen LogP contribution in [0.2, 0.25) is 18.1 Å². The van der Waals surface area contributed by atoms with Crippen molar-refractivity contribution in [3.63, 3.8) is 0 Å². The molecule has 11 heavy (non-hydrogen) atoms. The Bertz CT molecular complexity index is 171. The molecular formula is C9H17BrSi. The highest BCUT2D eigenvalue weighted by molar-refractivity contribution is 9.10. The molecule has 1 unspecified atom stereocenters. The molecule has 0 saturated carbocycles. The van der Waals surface area contributed by atoms with Crippen LogP contribution in [0.15, 0.2) is 0 Å². The minimum absolute atomic E-state index is 0.287. The van der Waals surface area contributed by atoms with Crippen molar-refractivity contribution in [2.45, 2.75) is 43.4 Å². The normalized spacial score (nSPS) is 15.7. The lowest BCUT2D eigenvalue weighted by molar-refractivity contribution is 0.719. The fraction of sp³-hybridized carbons (Fsp3) is 0.778. The second-order valence-corrected chi connectivity index (χ2v) is 11.8. The molecule has 0 aliphatic heterocycles. The average Bonchev–Trinajstić information content (AvgIpc) is 1.83. The molecule has 0 aromatic carbocycles. The van der Waals surface area contributed by atoms with Gasteiger partial charge in [0.1, 0.15) is 0 Å². The van der Waals surface area contributed by atoms with Crippen LogP contribution < -0.4 is 0 Å². The Labute approximate surface area is 79.9 Å². The van der Waals surface area contributed by atoms with Gasteiger partial charge in [0, 0.05) is 0 Å². The zero-order valence-electron chi connectivity index (χ0n) is 8.03. The van der Waals surface area contributed by atoms with E-state index >= 15 is 0 Å². The van der Waals surface area contributed by atoms with Gasteiger partial charge >= 0.3 is 0 Å². The summed E-state index contributed by atoms with van der Waals surface area (Å²) < 4.78 is 0.287. The Morgan fingerprint density at radius 2 is 1.73 bits per heavy atom. The second-order valence-electron chi connectivity index (χ2n) is 4.50. The zero-order valence-corrected chi connectivity index (χ0v) is 10.6. The van der Waals surface area contributed by atoms with Crippen LogP contribution in [-0.4, -0.2) is 12.5 Å². The Kier molecular flexibility index (Phi) is 3.40. The largest absolute Gasteiger partial charge is 0.119 e. The Balaban J connectivity index is 4.62. The zero-order chi connectivity index (χ0) is 9.28. The van der Waals surface area contributed by atoms with Crippen molar-refractivity contribution in [1.82, 2.24) is 0 Å². The van der Waals surface area contributed by atoms with Gasteiger partial charge in [0.05, 0.1) is 12.5 Å². The van der Waals surface area contributed by atoms with Gasteiger partial charge < -0.3 is 0 Å². The predicted octanol–water partition coefficient (Wildman–Crippen LogP) is 3.43. The van der Waals surface area contributed by atoms with Crippen molar-refractivity contribution in [1.29, 1.82) is 0 Å². The Morgan fingerprint density at radius 1 is 1.36 bits per heavy atom. The molecule has 1 atom stereocenters. The Morgan fingerprint density at radius 3 is 1.82 bits per heavy atom. The Hall–Kier alpha value is 0.257. The van der Waals surface area contributed by atoms with Crippen molar-refractivity contribution in [3.8, 4) is 12.3 Å². The lowest BCUT2D eigenvalue weighted by Crippen LogP contribution is -2.45. The first-order chi connectivity index (χ1) is 4.73. The lowest BCUT2D eigenvalue weighted by atomic mass is 10.2. The summed E-state index contributed by atoms with van der Waals surface area (Å²) in [4.78, 5) is 0. The third-order valence-corrected chi connectivity index (χ3v) is 11.7. The van der Waals surface area contributed by atoms with E-state index in [-0.39, 0.29) is 4.45 Å². The minimum atomic E-state index is -1.33. The average molecular weight is 233 g/mol. The van der Waals surface area contributed by atoms with Gasteiger partial charge in [-0.05, 0) is 5.04 Å². The highest BCUT2D eigenvalue weighted by atomic mass is 79.9. The fourth-order valence-electron chi connectivity index (χ4n) is 0.589. The monoisotopic (exact) mass is 232 g/mol. The van der Waals surface area contributed by atoms with Gasteiger partial charge in [0.25, 0.3) is 0 Å². The first-order valence-electron chi connectivity index (χ1n) is 3.83. The van der Waals surface area contributed by atoms with Gasteiger partial charge in [0.15, 0.2) is 0 Å². The molecule has 0 aliphatic rings. The van der Waals surface area contributed by atoms with Gasteiger partial charge in [-0.1, -0.05) is 55.7 Å². The molecule has 2 heteroatoms. The van der Waals surface area contributed by atoms with Crippen LogP contribution >= 0.6 is 15.9 Å². The standard InChI is InChI=1S/C9H17BrSi/c1-7-8(10)11(5,6)9(2,3)4/h1,8H,2-6H3. The molecule has 64 valence electrons. The topological polar surface area (TPSA) is 0 Å². The van der Waals surface area contributed by atoms with Crippen molar-refractivity contribution < 1.29 is 0 Å². The van der Waals surface area contributed by atoms with Crippen molar-refractivity contribution in [2.24, 2.45) is 0 Å². The van der Waals surface area contributed by atoms with Crippen LogP contribution in [0.4, 0.5) is 0 Å². The molecule has 0 aromatic heterocycles. The molecule has 0 N–H and O–H groups in total. The van der Waals surface area contributed by atoms with E-state index in [4.69, 9.17) is 6.42 Å². The quantitative estimate of drug-likeness (QED) is 0.370. The smallest absolute Gasteiger partial charge is 0.0830 e. The predicted molar refractivity (Wildman–Crippen MR) is 58.7 cm³/mol. The summed E-state index contributed by atoms with van der Waals surface area (Å²) in [7, 11) is -1.33. The maximum absolute atomic E-state index is 5.39. The first kappa shape index (κ1) is 11.3. The summed E-state index contributed by atoms with van der Waals surface area (Å²) in [6.45, 7) is 11.5. The summed E-state index contributed by atoms with van der Waals surface area (Å²) in [5, 5.41) is 0.369. The molecule has 0 bridgehead atoms. The first-order valence-corrected chi connectivity index (χ1v) is 7.83. The molecule has 0 radical (unpaired) electrons. The summed E-state index contributed by atoms with van der Waals surface area (Å²) in [6.07, 6.45) is 5.39. The van der Waals surface area contributed by atoms with Crippen LogP contribution in [0.3, 0.4) is 0 Å². The summed E-state index contributed by atoms with van der Waals surface area (Å²) in [5.74, 6) is 2.79. The van der Waals surface area contributed by atoms with Gasteiger partial charge in [-0.2, -0.15) is 0 Å². The van der Waals surface area contributed by atoms with Gasteiger partial charge in [-0.3, -0.25) is 0 Å². The van der Waals surface area contributed by atoms with E-state index in [0.29, 0.717) is 5.04 Å². The van der Waals surface area contributed by atoms with Gasteiger partial charge in [-0.25, -0.2) is 0 Å². The van der Waals surface area contributed by atoms with Crippen LogP contribution in [0, 0.1) is 12.3 Å². The number of alkyl halides is 1. The number of halogens is 1. The van der Waals surface area contributed by atoms with E-state index in [1.54, 1.807) is 0 Å². The van der Waals surface area contributed by atoms with Gasteiger partial charge in [0.2, 0.25) is 0 Å². The van der Waals surface area contributed by atoms with Crippen molar-refractivity contribution >= 4 is 24.0 Å². The highest BCUT2D eigenvalue weighted by Crippen LogP contribution is 2.40. The summed E-state index contributed by atoms with van der Waals surface area (Å²) in [6, 6.07) is 0. The van der Waals surface area contributed by atoms with E-state index in [2.05, 4.69) is 55.7 Å². The molecule has 0 amide bonds. The molecular weight excluding hydrogens is 216 g/mol. The fourth-order valence-corrected chi connectivity index (χ4v) is 3.83. The molecule has 0 rings (SSSR count). The third kappa shape index (κ3) is 2.35. The highest BCUT2D eigenvalue weighted by Gasteiger charge is 2.40. The van der Waals surface area contributed by atoms with Gasteiger partial charge in [-0.15, -0.1) is 6.42 Å². The van der Waals surface area contributed by atoms with Crippen molar-refractivity contribution in [3.05, 3.63) is 0 Å². The van der Waals surface area contributed by atoms with Crippen LogP contribution in [0.1, 0.15) is 20.8 Å². The molecule has 0 aromatic rings. The van der Waals surface area contributed by atoms with Crippen LogP contribution in [0.5, 0.6) is 0 Å². The summed E-state index contributed by atoms with van der Waals surface area (Å²) in [5.41, 5.74) is 0. The van der Waals surface area contributed by atoms with E-state index in [9.17, 15) is 0 Å².